The minimum atomic E-state index is -0.215. The molecule has 0 amide bonds. The number of esters is 1. The largest absolute Gasteiger partial charge is 0.462 e. The van der Waals surface area contributed by atoms with Crippen molar-refractivity contribution in [2.24, 2.45) is 5.11 Å². The van der Waals surface area contributed by atoms with Gasteiger partial charge in [0, 0.05) is 4.91 Å². The van der Waals surface area contributed by atoms with Gasteiger partial charge in [0.2, 0.25) is 0 Å². The molecule has 1 rings (SSSR count). The summed E-state index contributed by atoms with van der Waals surface area (Å²) in [6.07, 6.45) is 0.229. The summed E-state index contributed by atoms with van der Waals surface area (Å²) in [6, 6.07) is 0. The highest BCUT2D eigenvalue weighted by molar-refractivity contribution is 5.75. The third-order valence-corrected chi connectivity index (χ3v) is 1.04. The van der Waals surface area contributed by atoms with Crippen molar-refractivity contribution in [2.75, 3.05) is 6.54 Å². The lowest BCUT2D eigenvalue weighted by atomic mass is 10.2. The van der Waals surface area contributed by atoms with Crippen molar-refractivity contribution in [2.45, 2.75) is 12.5 Å². The molecule has 9 heavy (non-hydrogen) atoms. The molecular weight excluding hydrogens is 122 g/mol. The molecule has 5 nitrogen and oxygen atoms in total. The molecule has 0 unspecified atom stereocenters. The Morgan fingerprint density at radius 1 is 2.00 bits per heavy atom. The fourth-order valence-corrected chi connectivity index (χ4v) is 0.592. The fraction of sp³-hybridized carbons (Fsp3) is 0.750. The lowest BCUT2D eigenvalue weighted by Gasteiger charge is -2.23. The lowest BCUT2D eigenvalue weighted by Crippen LogP contribution is -2.34. The molecule has 0 bridgehead atoms. The fourth-order valence-electron chi connectivity index (χ4n) is 0.592. The third-order valence-electron chi connectivity index (χ3n) is 1.04. The van der Waals surface area contributed by atoms with Gasteiger partial charge in [-0.25, -0.2) is 0 Å². The van der Waals surface area contributed by atoms with E-state index in [1.807, 2.05) is 0 Å². The Kier molecular flexibility index (Phi) is 1.55. The van der Waals surface area contributed by atoms with E-state index in [9.17, 15) is 4.79 Å². The maximum Gasteiger partial charge on any atom is 0.309 e. The van der Waals surface area contributed by atoms with Crippen LogP contribution in [-0.2, 0) is 9.53 Å². The van der Waals surface area contributed by atoms with Gasteiger partial charge in [-0.05, 0) is 5.53 Å². The molecular formula is C4H5N3O2. The molecule has 0 radical (unpaired) electrons. The summed E-state index contributed by atoms with van der Waals surface area (Å²) in [6.45, 7) is 0.266. The van der Waals surface area contributed by atoms with Gasteiger partial charge < -0.3 is 4.74 Å². The summed E-state index contributed by atoms with van der Waals surface area (Å²) < 4.78 is 4.54. The molecule has 0 aromatic rings. The van der Waals surface area contributed by atoms with Crippen LogP contribution >= 0.6 is 0 Å². The predicted octanol–water partition coefficient (Wildman–Crippen LogP) is 0.612. The smallest absolute Gasteiger partial charge is 0.309 e. The van der Waals surface area contributed by atoms with Crippen LogP contribution in [-0.4, -0.2) is 18.6 Å². The number of hydrogen-bond acceptors (Lipinski definition) is 3. The lowest BCUT2D eigenvalue weighted by molar-refractivity contribution is -0.168. The summed E-state index contributed by atoms with van der Waals surface area (Å²) in [4.78, 5) is 12.6. The highest BCUT2D eigenvalue weighted by Crippen LogP contribution is 2.12. The van der Waals surface area contributed by atoms with E-state index in [2.05, 4.69) is 14.8 Å². The van der Waals surface area contributed by atoms with E-state index in [1.165, 1.54) is 0 Å². The normalized spacial score (nSPS) is 23.6. The van der Waals surface area contributed by atoms with Crippen LogP contribution < -0.4 is 0 Å². The number of carbonyl (C=O) groups excluding carboxylic acids is 1. The minimum absolute atomic E-state index is 0.159. The van der Waals surface area contributed by atoms with E-state index in [-0.39, 0.29) is 18.6 Å². The van der Waals surface area contributed by atoms with Crippen LogP contribution in [0, 0.1) is 0 Å². The van der Waals surface area contributed by atoms with Gasteiger partial charge in [0.1, 0.15) is 6.10 Å². The van der Waals surface area contributed by atoms with E-state index in [4.69, 9.17) is 5.53 Å². The molecule has 1 aliphatic rings. The molecule has 0 N–H and O–H groups in total. The van der Waals surface area contributed by atoms with E-state index < -0.39 is 0 Å². The molecule has 1 heterocycles. The summed E-state index contributed by atoms with van der Waals surface area (Å²) in [5.74, 6) is -0.215. The average Bonchev–Trinajstić information content (AvgIpc) is 1.78. The van der Waals surface area contributed by atoms with E-state index in [0.29, 0.717) is 6.42 Å². The van der Waals surface area contributed by atoms with Gasteiger partial charge in [-0.1, -0.05) is 5.11 Å². The second-order valence-corrected chi connectivity index (χ2v) is 1.73. The van der Waals surface area contributed by atoms with Crippen molar-refractivity contribution in [3.05, 3.63) is 10.4 Å². The van der Waals surface area contributed by atoms with Gasteiger partial charge in [-0.15, -0.1) is 0 Å². The van der Waals surface area contributed by atoms with E-state index in [1.54, 1.807) is 0 Å². The maximum atomic E-state index is 10.1. The summed E-state index contributed by atoms with van der Waals surface area (Å²) in [5, 5.41) is 3.23. The Labute approximate surface area is 51.2 Å². The molecule has 1 saturated heterocycles. The van der Waals surface area contributed by atoms with Crippen molar-refractivity contribution in [3.63, 3.8) is 0 Å². The number of cyclic esters (lactones) is 1. The van der Waals surface area contributed by atoms with Crippen LogP contribution in [0.25, 0.3) is 10.4 Å². The second-order valence-electron chi connectivity index (χ2n) is 1.73. The molecule has 0 aromatic carbocycles. The number of ether oxygens (including phenoxy) is 1. The van der Waals surface area contributed by atoms with Gasteiger partial charge in [0.15, 0.2) is 0 Å². The molecule has 5 heteroatoms. The van der Waals surface area contributed by atoms with Crippen molar-refractivity contribution in [1.29, 1.82) is 0 Å². The van der Waals surface area contributed by atoms with Gasteiger partial charge in [-0.3, -0.25) is 4.79 Å². The number of azide groups is 1. The third kappa shape index (κ3) is 1.33. The summed E-state index contributed by atoms with van der Waals surface area (Å²) >= 11 is 0. The van der Waals surface area contributed by atoms with E-state index in [0.717, 1.165) is 0 Å². The Balaban J connectivity index is 2.17. The number of carbonyl (C=O) groups is 1. The molecule has 1 atom stereocenters. The Bertz CT molecular complexity index is 165. The topological polar surface area (TPSA) is 75.1 Å². The molecule has 1 aliphatic heterocycles. The van der Waals surface area contributed by atoms with Crippen molar-refractivity contribution in [3.8, 4) is 0 Å². The van der Waals surface area contributed by atoms with Crippen LogP contribution in [0.15, 0.2) is 5.11 Å². The second kappa shape index (κ2) is 2.37. The van der Waals surface area contributed by atoms with Gasteiger partial charge in [-0.2, -0.15) is 0 Å². The van der Waals surface area contributed by atoms with Crippen LogP contribution in [0.3, 0.4) is 0 Å². The van der Waals surface area contributed by atoms with Crippen molar-refractivity contribution >= 4 is 5.97 Å². The molecule has 48 valence electrons. The Hall–Kier alpha value is -1.22. The number of rotatable bonds is 2. The first kappa shape index (κ1) is 5.91. The first-order valence-corrected chi connectivity index (χ1v) is 2.53. The maximum absolute atomic E-state index is 10.1. The highest BCUT2D eigenvalue weighted by Gasteiger charge is 2.26. The molecule has 1 fully saturated rings. The first-order valence-electron chi connectivity index (χ1n) is 2.53. The van der Waals surface area contributed by atoms with Crippen molar-refractivity contribution < 1.29 is 9.53 Å². The van der Waals surface area contributed by atoms with Gasteiger partial charge >= 0.3 is 5.97 Å². The Morgan fingerprint density at radius 3 is 3.11 bits per heavy atom. The van der Waals surface area contributed by atoms with E-state index >= 15 is 0 Å². The highest BCUT2D eigenvalue weighted by atomic mass is 16.6. The zero-order valence-electron chi connectivity index (χ0n) is 4.65. The van der Waals surface area contributed by atoms with Crippen LogP contribution in [0.5, 0.6) is 0 Å². The zero-order valence-corrected chi connectivity index (χ0v) is 4.65. The monoisotopic (exact) mass is 127 g/mol. The van der Waals surface area contributed by atoms with Crippen LogP contribution in [0.1, 0.15) is 6.42 Å². The first-order chi connectivity index (χ1) is 4.33. The summed E-state index contributed by atoms with van der Waals surface area (Å²) in [7, 11) is 0. The van der Waals surface area contributed by atoms with Gasteiger partial charge in [0.05, 0.1) is 13.0 Å². The molecule has 0 aromatic heterocycles. The summed E-state index contributed by atoms with van der Waals surface area (Å²) in [5.41, 5.74) is 7.82. The van der Waals surface area contributed by atoms with Crippen LogP contribution in [0.4, 0.5) is 0 Å². The minimum Gasteiger partial charge on any atom is -0.462 e. The Morgan fingerprint density at radius 2 is 2.67 bits per heavy atom. The standard InChI is InChI=1S/C4H5N3O2/c5-7-6-2-3-1-4(8)9-3/h3H,1-2H2/t3-/m0/s1. The van der Waals surface area contributed by atoms with Crippen LogP contribution in [0.2, 0.25) is 0 Å². The quantitative estimate of drug-likeness (QED) is 0.236. The SMILES string of the molecule is [N-]=[N+]=NC[C@@H]1CC(=O)O1. The van der Waals surface area contributed by atoms with Crippen molar-refractivity contribution in [1.82, 2.24) is 0 Å². The molecule has 0 aliphatic carbocycles. The van der Waals surface area contributed by atoms with Gasteiger partial charge in [0.25, 0.3) is 0 Å². The average molecular weight is 127 g/mol. The number of hydrogen-bond donors (Lipinski definition) is 0. The number of nitrogens with zero attached hydrogens (tertiary/aromatic N) is 3. The molecule has 0 saturated carbocycles. The molecule has 0 spiro atoms. The predicted molar refractivity (Wildman–Crippen MR) is 28.5 cm³/mol. The zero-order chi connectivity index (χ0) is 6.69.